The first-order chi connectivity index (χ1) is 4.84. The van der Waals surface area contributed by atoms with E-state index < -0.39 is 0 Å². The molecule has 0 aromatic carbocycles. The minimum Gasteiger partial charge on any atom is -0.299 e. The number of rotatable bonds is 1. The lowest BCUT2D eigenvalue weighted by molar-refractivity contribution is -0.136. The van der Waals surface area contributed by atoms with E-state index in [0.29, 0.717) is 17.6 Å². The van der Waals surface area contributed by atoms with Gasteiger partial charge in [-0.2, -0.15) is 0 Å². The van der Waals surface area contributed by atoms with Gasteiger partial charge in [0.15, 0.2) is 0 Å². The molecule has 2 rings (SSSR count). The van der Waals surface area contributed by atoms with Crippen molar-refractivity contribution in [3.8, 4) is 0 Å². The van der Waals surface area contributed by atoms with Gasteiger partial charge in [-0.1, -0.05) is 18.2 Å². The van der Waals surface area contributed by atoms with Gasteiger partial charge in [0.1, 0.15) is 5.78 Å². The van der Waals surface area contributed by atoms with Crippen molar-refractivity contribution < 1.29 is 4.79 Å². The van der Waals surface area contributed by atoms with Crippen LogP contribution in [0.25, 0.3) is 0 Å². The van der Waals surface area contributed by atoms with Crippen molar-refractivity contribution in [2.45, 2.75) is 6.42 Å². The molecule has 0 N–H and O–H groups in total. The van der Waals surface area contributed by atoms with Gasteiger partial charge in [0.05, 0.1) is 0 Å². The smallest absolute Gasteiger partial charge is 0.144 e. The summed E-state index contributed by atoms with van der Waals surface area (Å²) < 4.78 is 0. The number of carbonyl (C=O) groups is 1. The van der Waals surface area contributed by atoms with E-state index in [1.165, 1.54) is 0 Å². The van der Waals surface area contributed by atoms with Crippen LogP contribution >= 0.6 is 0 Å². The van der Waals surface area contributed by atoms with Crippen LogP contribution < -0.4 is 0 Å². The lowest BCUT2D eigenvalue weighted by atomic mass is 9.65. The molecule has 0 unspecified atom stereocenters. The van der Waals surface area contributed by atoms with Crippen molar-refractivity contribution in [3.63, 3.8) is 0 Å². The van der Waals surface area contributed by atoms with E-state index in [1.54, 1.807) is 6.08 Å². The second-order valence-corrected chi connectivity index (χ2v) is 3.01. The van der Waals surface area contributed by atoms with E-state index >= 15 is 0 Å². The third-order valence-corrected chi connectivity index (χ3v) is 2.58. The van der Waals surface area contributed by atoms with Gasteiger partial charge in [-0.3, -0.25) is 4.79 Å². The highest BCUT2D eigenvalue weighted by Gasteiger charge is 2.47. The molecule has 0 aromatic rings. The predicted octanol–water partition coefficient (Wildman–Crippen LogP) is 1.56. The molecule has 0 radical (unpaired) electrons. The van der Waals surface area contributed by atoms with Crippen LogP contribution in [0, 0.1) is 17.8 Å². The molecule has 0 heterocycles. The minimum absolute atomic E-state index is 0.142. The van der Waals surface area contributed by atoms with Gasteiger partial charge in [0, 0.05) is 11.8 Å². The highest BCUT2D eigenvalue weighted by atomic mass is 16.1. The van der Waals surface area contributed by atoms with Crippen LogP contribution in [-0.2, 0) is 4.79 Å². The molecular formula is C9H10O. The highest BCUT2D eigenvalue weighted by molar-refractivity contribution is 5.93. The fourth-order valence-electron chi connectivity index (χ4n) is 1.94. The Hall–Kier alpha value is -0.850. The molecule has 0 aliphatic heterocycles. The van der Waals surface area contributed by atoms with Crippen LogP contribution in [0.5, 0.6) is 0 Å². The lowest BCUT2D eigenvalue weighted by Crippen LogP contribution is -2.42. The molecule has 2 aliphatic rings. The fourth-order valence-corrected chi connectivity index (χ4v) is 1.94. The van der Waals surface area contributed by atoms with E-state index in [4.69, 9.17) is 0 Å². The quantitative estimate of drug-likeness (QED) is 0.497. The van der Waals surface area contributed by atoms with Crippen LogP contribution in [0.15, 0.2) is 24.8 Å². The molecule has 52 valence electrons. The summed E-state index contributed by atoms with van der Waals surface area (Å²) in [5, 5.41) is 0. The van der Waals surface area contributed by atoms with Crippen molar-refractivity contribution in [2.75, 3.05) is 0 Å². The zero-order valence-corrected chi connectivity index (χ0v) is 5.79. The van der Waals surface area contributed by atoms with E-state index in [0.717, 1.165) is 6.42 Å². The molecule has 1 saturated carbocycles. The molecule has 0 bridgehead atoms. The summed E-state index contributed by atoms with van der Waals surface area (Å²) in [4.78, 5) is 11.2. The van der Waals surface area contributed by atoms with Gasteiger partial charge in [-0.15, -0.1) is 6.58 Å². The van der Waals surface area contributed by atoms with Crippen LogP contribution in [0.2, 0.25) is 0 Å². The number of hydrogen-bond donors (Lipinski definition) is 0. The third-order valence-electron chi connectivity index (χ3n) is 2.58. The van der Waals surface area contributed by atoms with Gasteiger partial charge < -0.3 is 0 Å². The maximum absolute atomic E-state index is 11.2. The number of Topliss-reactive ketones (excluding diaryl/α,β-unsaturated/α-hetero) is 1. The average Bonchev–Trinajstić information content (AvgIpc) is 2.33. The Bertz CT molecular complexity index is 215. The van der Waals surface area contributed by atoms with Gasteiger partial charge in [0.25, 0.3) is 0 Å². The summed E-state index contributed by atoms with van der Waals surface area (Å²) in [5.74, 6) is 1.36. The second kappa shape index (κ2) is 1.82. The minimum atomic E-state index is 0.142. The molecule has 0 aromatic heterocycles. The maximum Gasteiger partial charge on any atom is 0.144 e. The number of allylic oxidation sites excluding steroid dienone is 3. The molecule has 1 heteroatoms. The molecule has 10 heavy (non-hydrogen) atoms. The first kappa shape index (κ1) is 5.90. The molecular weight excluding hydrogens is 124 g/mol. The second-order valence-electron chi connectivity index (χ2n) is 3.01. The van der Waals surface area contributed by atoms with Gasteiger partial charge in [-0.25, -0.2) is 0 Å². The Labute approximate surface area is 60.4 Å². The van der Waals surface area contributed by atoms with E-state index in [2.05, 4.69) is 18.7 Å². The SMILES string of the molecule is C=C[C@H]1C(=O)[C@H]2CC=C[C@H]21. The molecule has 0 saturated heterocycles. The summed E-state index contributed by atoms with van der Waals surface area (Å²) >= 11 is 0. The van der Waals surface area contributed by atoms with Crippen LogP contribution in [0.4, 0.5) is 0 Å². The molecule has 1 fully saturated rings. The van der Waals surface area contributed by atoms with Gasteiger partial charge in [0.2, 0.25) is 0 Å². The van der Waals surface area contributed by atoms with Crippen molar-refractivity contribution in [1.82, 2.24) is 0 Å². The predicted molar refractivity (Wildman–Crippen MR) is 39.4 cm³/mol. The fraction of sp³-hybridized carbons (Fsp3) is 0.444. The van der Waals surface area contributed by atoms with Crippen LogP contribution in [-0.4, -0.2) is 5.78 Å². The Kier molecular flexibility index (Phi) is 1.07. The standard InChI is InChI=1S/C9H10O/c1-2-6-7-4-3-5-8(7)9(6)10/h2-4,6-8H,1,5H2/t6-,7+,8+/m1/s1. The van der Waals surface area contributed by atoms with Crippen molar-refractivity contribution >= 4 is 5.78 Å². The lowest BCUT2D eigenvalue weighted by Gasteiger charge is -2.35. The summed E-state index contributed by atoms with van der Waals surface area (Å²) in [7, 11) is 0. The molecule has 0 amide bonds. The summed E-state index contributed by atoms with van der Waals surface area (Å²) in [5.41, 5.74) is 0. The van der Waals surface area contributed by atoms with Gasteiger partial charge >= 0.3 is 0 Å². The molecule has 2 aliphatic carbocycles. The van der Waals surface area contributed by atoms with E-state index in [-0.39, 0.29) is 5.92 Å². The van der Waals surface area contributed by atoms with Crippen LogP contribution in [0.3, 0.4) is 0 Å². The normalized spacial score (nSPS) is 42.8. The number of ketones is 1. The number of fused-ring (bicyclic) bond motifs is 1. The zero-order chi connectivity index (χ0) is 7.14. The van der Waals surface area contributed by atoms with Crippen molar-refractivity contribution in [2.24, 2.45) is 17.8 Å². The highest BCUT2D eigenvalue weighted by Crippen LogP contribution is 2.44. The molecule has 1 nitrogen and oxygen atoms in total. The number of hydrogen-bond acceptors (Lipinski definition) is 1. The Morgan fingerprint density at radius 3 is 3.20 bits per heavy atom. The van der Waals surface area contributed by atoms with Crippen LogP contribution in [0.1, 0.15) is 6.42 Å². The monoisotopic (exact) mass is 134 g/mol. The van der Waals surface area contributed by atoms with E-state index in [1.807, 2.05) is 0 Å². The molecule has 3 atom stereocenters. The zero-order valence-electron chi connectivity index (χ0n) is 5.79. The summed E-state index contributed by atoms with van der Waals surface area (Å²) in [6.45, 7) is 3.64. The number of carbonyl (C=O) groups excluding carboxylic acids is 1. The molecule has 0 spiro atoms. The Morgan fingerprint density at radius 1 is 1.70 bits per heavy atom. The largest absolute Gasteiger partial charge is 0.299 e. The third kappa shape index (κ3) is 0.505. The first-order valence-corrected chi connectivity index (χ1v) is 3.67. The summed E-state index contributed by atoms with van der Waals surface area (Å²) in [6.07, 6.45) is 7.00. The Morgan fingerprint density at radius 2 is 2.50 bits per heavy atom. The van der Waals surface area contributed by atoms with Crippen molar-refractivity contribution in [1.29, 1.82) is 0 Å². The maximum atomic E-state index is 11.2. The van der Waals surface area contributed by atoms with Gasteiger partial charge in [-0.05, 0) is 12.3 Å². The average molecular weight is 134 g/mol. The topological polar surface area (TPSA) is 17.1 Å². The first-order valence-electron chi connectivity index (χ1n) is 3.67. The van der Waals surface area contributed by atoms with E-state index in [9.17, 15) is 4.79 Å². The summed E-state index contributed by atoms with van der Waals surface area (Å²) in [6, 6.07) is 0. The Balaban J connectivity index is 2.20. The van der Waals surface area contributed by atoms with Crippen molar-refractivity contribution in [3.05, 3.63) is 24.8 Å².